The van der Waals surface area contributed by atoms with Crippen LogP contribution in [0.25, 0.3) is 11.0 Å². The van der Waals surface area contributed by atoms with Crippen LogP contribution in [-0.2, 0) is 9.84 Å². The van der Waals surface area contributed by atoms with Gasteiger partial charge in [-0.15, -0.1) is 0 Å². The van der Waals surface area contributed by atoms with Gasteiger partial charge in [0.2, 0.25) is 14.9 Å². The van der Waals surface area contributed by atoms with Crippen molar-refractivity contribution in [3.8, 4) is 0 Å². The second-order valence-electron chi connectivity index (χ2n) is 5.93. The number of sulfone groups is 1. The SMILES string of the molecule is Nc1cccc(Nc2nc3ccccc3nc2S(=O)(=O)c2ccccc2)c1. The molecule has 6 nitrogen and oxygen atoms in total. The Hall–Kier alpha value is -3.45. The van der Waals surface area contributed by atoms with E-state index in [1.807, 2.05) is 6.07 Å². The number of rotatable bonds is 4. The van der Waals surface area contributed by atoms with E-state index in [9.17, 15) is 8.42 Å². The van der Waals surface area contributed by atoms with Crippen LogP contribution in [0.15, 0.2) is 88.8 Å². The van der Waals surface area contributed by atoms with Gasteiger partial charge < -0.3 is 11.1 Å². The number of nitrogens with zero attached hydrogens (tertiary/aromatic N) is 2. The van der Waals surface area contributed by atoms with E-state index in [1.54, 1.807) is 60.7 Å². The number of hydrogen-bond donors (Lipinski definition) is 2. The lowest BCUT2D eigenvalue weighted by molar-refractivity contribution is 0.593. The molecule has 27 heavy (non-hydrogen) atoms. The molecule has 0 saturated heterocycles. The Kier molecular flexibility index (Phi) is 4.21. The zero-order valence-corrected chi connectivity index (χ0v) is 15.0. The molecule has 1 aromatic heterocycles. The molecule has 4 rings (SSSR count). The molecule has 4 aromatic rings. The summed E-state index contributed by atoms with van der Waals surface area (Å²) >= 11 is 0. The summed E-state index contributed by atoms with van der Waals surface area (Å²) < 4.78 is 26.4. The van der Waals surface area contributed by atoms with E-state index in [1.165, 1.54) is 12.1 Å². The van der Waals surface area contributed by atoms with Crippen molar-refractivity contribution in [2.75, 3.05) is 11.1 Å². The van der Waals surface area contributed by atoms with Gasteiger partial charge in [-0.1, -0.05) is 36.4 Å². The first-order chi connectivity index (χ1) is 13.0. The van der Waals surface area contributed by atoms with E-state index in [2.05, 4.69) is 15.3 Å². The zero-order valence-electron chi connectivity index (χ0n) is 14.2. The molecule has 0 spiro atoms. The number of benzene rings is 3. The first-order valence-electron chi connectivity index (χ1n) is 8.23. The predicted molar refractivity (Wildman–Crippen MR) is 106 cm³/mol. The third-order valence-electron chi connectivity index (χ3n) is 4.00. The van der Waals surface area contributed by atoms with Gasteiger partial charge in [0, 0.05) is 11.4 Å². The Labute approximate surface area is 156 Å². The summed E-state index contributed by atoms with van der Waals surface area (Å²) in [5, 5.41) is 2.92. The third kappa shape index (κ3) is 3.32. The fraction of sp³-hybridized carbons (Fsp3) is 0. The Balaban J connectivity index is 1.92. The monoisotopic (exact) mass is 376 g/mol. The van der Waals surface area contributed by atoms with Crippen molar-refractivity contribution >= 4 is 38.1 Å². The summed E-state index contributed by atoms with van der Waals surface area (Å²) in [6, 6.07) is 22.3. The summed E-state index contributed by atoms with van der Waals surface area (Å²) in [5.74, 6) is 0.156. The lowest BCUT2D eigenvalue weighted by Gasteiger charge is -2.13. The van der Waals surface area contributed by atoms with Crippen molar-refractivity contribution in [3.05, 3.63) is 78.9 Å². The smallest absolute Gasteiger partial charge is 0.227 e. The van der Waals surface area contributed by atoms with Crippen molar-refractivity contribution in [1.82, 2.24) is 9.97 Å². The molecule has 0 fully saturated rings. The number of nitrogens with one attached hydrogen (secondary N) is 1. The standard InChI is InChI=1S/C20H16N4O2S/c21-14-7-6-8-15(13-14)22-19-20(24-18-12-5-4-11-17(18)23-19)27(25,26)16-9-2-1-3-10-16/h1-13H,21H2,(H,22,23). The van der Waals surface area contributed by atoms with Crippen LogP contribution in [0.1, 0.15) is 0 Å². The van der Waals surface area contributed by atoms with Gasteiger partial charge in [-0.05, 0) is 42.5 Å². The number of para-hydroxylation sites is 2. The van der Waals surface area contributed by atoms with E-state index in [4.69, 9.17) is 5.73 Å². The van der Waals surface area contributed by atoms with Crippen molar-refractivity contribution in [2.45, 2.75) is 9.92 Å². The molecule has 0 bridgehead atoms. The number of anilines is 3. The Morgan fingerprint density at radius 3 is 2.15 bits per heavy atom. The molecule has 0 radical (unpaired) electrons. The number of fused-ring (bicyclic) bond motifs is 1. The predicted octanol–water partition coefficient (Wildman–Crippen LogP) is 3.79. The summed E-state index contributed by atoms with van der Waals surface area (Å²) in [6.45, 7) is 0. The molecule has 3 aromatic carbocycles. The molecule has 0 atom stereocenters. The summed E-state index contributed by atoms with van der Waals surface area (Å²) in [6.07, 6.45) is 0. The van der Waals surface area contributed by atoms with E-state index >= 15 is 0 Å². The zero-order chi connectivity index (χ0) is 18.9. The number of nitrogen functional groups attached to an aromatic ring is 1. The maximum Gasteiger partial charge on any atom is 0.227 e. The average Bonchev–Trinajstić information content (AvgIpc) is 2.68. The van der Waals surface area contributed by atoms with Crippen LogP contribution < -0.4 is 11.1 Å². The van der Waals surface area contributed by atoms with Gasteiger partial charge in [0.25, 0.3) is 0 Å². The number of aromatic nitrogens is 2. The van der Waals surface area contributed by atoms with Crippen molar-refractivity contribution in [2.24, 2.45) is 0 Å². The summed E-state index contributed by atoms with van der Waals surface area (Å²) in [7, 11) is -3.86. The fourth-order valence-corrected chi connectivity index (χ4v) is 4.03. The molecule has 0 saturated carbocycles. The molecular formula is C20H16N4O2S. The Bertz CT molecular complexity index is 1230. The molecule has 0 aliphatic heterocycles. The maximum atomic E-state index is 13.2. The number of hydrogen-bond acceptors (Lipinski definition) is 6. The highest BCUT2D eigenvalue weighted by Crippen LogP contribution is 2.29. The molecule has 0 amide bonds. The van der Waals surface area contributed by atoms with Gasteiger partial charge in [0.1, 0.15) is 0 Å². The Morgan fingerprint density at radius 2 is 1.44 bits per heavy atom. The van der Waals surface area contributed by atoms with Gasteiger partial charge in [-0.2, -0.15) is 0 Å². The molecule has 3 N–H and O–H groups in total. The molecule has 1 heterocycles. The first kappa shape index (κ1) is 17.0. The minimum absolute atomic E-state index is 0.130. The highest BCUT2D eigenvalue weighted by atomic mass is 32.2. The second-order valence-corrected chi connectivity index (χ2v) is 7.80. The van der Waals surface area contributed by atoms with Crippen LogP contribution in [0.5, 0.6) is 0 Å². The van der Waals surface area contributed by atoms with E-state index in [-0.39, 0.29) is 15.7 Å². The molecule has 0 unspecified atom stereocenters. The third-order valence-corrected chi connectivity index (χ3v) is 5.68. The minimum atomic E-state index is -3.86. The normalized spacial score (nSPS) is 11.4. The summed E-state index contributed by atoms with van der Waals surface area (Å²) in [5.41, 5.74) is 8.11. The van der Waals surface area contributed by atoms with Crippen molar-refractivity contribution in [3.63, 3.8) is 0 Å². The molecule has 0 aliphatic carbocycles. The van der Waals surface area contributed by atoms with Crippen LogP contribution in [0.2, 0.25) is 0 Å². The highest BCUT2D eigenvalue weighted by Gasteiger charge is 2.25. The van der Waals surface area contributed by atoms with Gasteiger partial charge >= 0.3 is 0 Å². The van der Waals surface area contributed by atoms with Gasteiger partial charge in [0.05, 0.1) is 15.9 Å². The molecule has 134 valence electrons. The van der Waals surface area contributed by atoms with E-state index in [0.717, 1.165) is 0 Å². The maximum absolute atomic E-state index is 13.2. The fourth-order valence-electron chi connectivity index (χ4n) is 2.72. The quantitative estimate of drug-likeness (QED) is 0.526. The van der Waals surface area contributed by atoms with Gasteiger partial charge in [0.15, 0.2) is 5.82 Å². The second kappa shape index (κ2) is 6.69. The van der Waals surface area contributed by atoms with E-state index in [0.29, 0.717) is 22.4 Å². The first-order valence-corrected chi connectivity index (χ1v) is 9.72. The van der Waals surface area contributed by atoms with Crippen LogP contribution in [0, 0.1) is 0 Å². The van der Waals surface area contributed by atoms with Crippen LogP contribution in [0.3, 0.4) is 0 Å². The molecular weight excluding hydrogens is 360 g/mol. The van der Waals surface area contributed by atoms with Crippen molar-refractivity contribution in [1.29, 1.82) is 0 Å². The largest absolute Gasteiger partial charge is 0.399 e. The minimum Gasteiger partial charge on any atom is -0.399 e. The Morgan fingerprint density at radius 1 is 0.778 bits per heavy atom. The molecule has 0 aliphatic rings. The van der Waals surface area contributed by atoms with E-state index < -0.39 is 9.84 Å². The van der Waals surface area contributed by atoms with Crippen LogP contribution in [0.4, 0.5) is 17.2 Å². The summed E-state index contributed by atoms with van der Waals surface area (Å²) in [4.78, 5) is 9.05. The topological polar surface area (TPSA) is 98.0 Å². The molecule has 7 heteroatoms. The average molecular weight is 376 g/mol. The van der Waals surface area contributed by atoms with Crippen LogP contribution >= 0.6 is 0 Å². The lowest BCUT2D eigenvalue weighted by atomic mass is 10.3. The van der Waals surface area contributed by atoms with Gasteiger partial charge in [-0.25, -0.2) is 18.4 Å². The highest BCUT2D eigenvalue weighted by molar-refractivity contribution is 7.91. The van der Waals surface area contributed by atoms with Crippen molar-refractivity contribution < 1.29 is 8.42 Å². The van der Waals surface area contributed by atoms with Gasteiger partial charge in [-0.3, -0.25) is 0 Å². The lowest BCUT2D eigenvalue weighted by Crippen LogP contribution is -2.10. The van der Waals surface area contributed by atoms with Crippen LogP contribution in [-0.4, -0.2) is 18.4 Å². The number of nitrogens with two attached hydrogens (primary N) is 1.